The summed E-state index contributed by atoms with van der Waals surface area (Å²) in [6, 6.07) is 8.88. The average molecular weight is 358 g/mol. The van der Waals surface area contributed by atoms with Gasteiger partial charge < -0.3 is 19.3 Å². The first-order valence-corrected chi connectivity index (χ1v) is 8.31. The summed E-state index contributed by atoms with van der Waals surface area (Å²) in [5.41, 5.74) is 0.377. The van der Waals surface area contributed by atoms with Crippen molar-refractivity contribution < 1.29 is 14.3 Å². The number of nitrogens with zero attached hydrogens (tertiary/aromatic N) is 4. The predicted octanol–water partition coefficient (Wildman–Crippen LogP) is 0.608. The van der Waals surface area contributed by atoms with Gasteiger partial charge in [-0.2, -0.15) is 5.10 Å². The minimum absolute atomic E-state index is 0.118. The van der Waals surface area contributed by atoms with Gasteiger partial charge in [0, 0.05) is 27.2 Å². The molecule has 2 aromatic rings. The molecule has 1 atom stereocenters. The van der Waals surface area contributed by atoms with E-state index in [9.17, 15) is 9.59 Å². The van der Waals surface area contributed by atoms with Crippen LogP contribution in [0, 0.1) is 0 Å². The van der Waals surface area contributed by atoms with Crippen molar-refractivity contribution in [3.63, 3.8) is 0 Å². The maximum atomic E-state index is 12.4. The van der Waals surface area contributed by atoms with Crippen LogP contribution in [0.5, 0.6) is 11.5 Å². The van der Waals surface area contributed by atoms with Crippen molar-refractivity contribution in [3.05, 3.63) is 46.9 Å². The Hall–Kier alpha value is -3.03. The van der Waals surface area contributed by atoms with E-state index in [2.05, 4.69) is 5.10 Å². The highest BCUT2D eigenvalue weighted by molar-refractivity contribution is 5.75. The molecule has 8 heteroatoms. The normalized spacial score (nSPS) is 15.4. The van der Waals surface area contributed by atoms with Crippen molar-refractivity contribution in [1.82, 2.24) is 14.7 Å². The van der Waals surface area contributed by atoms with E-state index in [4.69, 9.17) is 9.47 Å². The number of likely N-dealkylation sites (N-methyl/N-ethyl adjacent to an activating group) is 1. The van der Waals surface area contributed by atoms with E-state index in [0.717, 1.165) is 4.68 Å². The largest absolute Gasteiger partial charge is 0.486 e. The van der Waals surface area contributed by atoms with Gasteiger partial charge in [-0.3, -0.25) is 9.59 Å². The van der Waals surface area contributed by atoms with Gasteiger partial charge in [0.25, 0.3) is 5.56 Å². The minimum atomic E-state index is -0.316. The van der Waals surface area contributed by atoms with Gasteiger partial charge in [-0.05, 0) is 12.1 Å². The lowest BCUT2D eigenvalue weighted by molar-refractivity contribution is -0.132. The SMILES string of the molecule is CN(C[C@H]1COc2ccccc2O1)C(=O)Cn1ncc(N(C)C)cc1=O. The smallest absolute Gasteiger partial charge is 0.269 e. The molecule has 1 amide bonds. The zero-order valence-corrected chi connectivity index (χ0v) is 15.1. The van der Waals surface area contributed by atoms with Crippen LogP contribution in [0.2, 0.25) is 0 Å². The number of aromatic nitrogens is 2. The molecule has 26 heavy (non-hydrogen) atoms. The third-order valence-corrected chi connectivity index (χ3v) is 4.13. The summed E-state index contributed by atoms with van der Waals surface area (Å²) in [6.07, 6.45) is 1.30. The van der Waals surface area contributed by atoms with Crippen LogP contribution in [0.1, 0.15) is 0 Å². The van der Waals surface area contributed by atoms with E-state index in [0.29, 0.717) is 30.3 Å². The van der Waals surface area contributed by atoms with Gasteiger partial charge in [-0.15, -0.1) is 0 Å². The third-order valence-electron chi connectivity index (χ3n) is 4.13. The van der Waals surface area contributed by atoms with Gasteiger partial charge in [0.05, 0.1) is 18.4 Å². The van der Waals surface area contributed by atoms with Crippen molar-refractivity contribution in [2.75, 3.05) is 39.2 Å². The summed E-state index contributed by atoms with van der Waals surface area (Å²) in [5.74, 6) is 1.15. The first-order chi connectivity index (χ1) is 12.4. The lowest BCUT2D eigenvalue weighted by atomic mass is 10.2. The first-order valence-electron chi connectivity index (χ1n) is 8.31. The first kappa shape index (κ1) is 17.8. The highest BCUT2D eigenvalue weighted by atomic mass is 16.6. The van der Waals surface area contributed by atoms with Crippen molar-refractivity contribution in [2.45, 2.75) is 12.6 Å². The van der Waals surface area contributed by atoms with Gasteiger partial charge in [0.2, 0.25) is 5.91 Å². The molecule has 0 bridgehead atoms. The van der Waals surface area contributed by atoms with Crippen molar-refractivity contribution in [1.29, 1.82) is 0 Å². The second-order valence-corrected chi connectivity index (χ2v) is 6.38. The molecule has 0 saturated heterocycles. The molecule has 0 N–H and O–H groups in total. The number of fused-ring (bicyclic) bond motifs is 1. The summed E-state index contributed by atoms with van der Waals surface area (Å²) in [6.45, 7) is 0.606. The van der Waals surface area contributed by atoms with Crippen LogP contribution in [0.25, 0.3) is 0 Å². The average Bonchev–Trinajstić information content (AvgIpc) is 2.63. The molecule has 1 aliphatic heterocycles. The summed E-state index contributed by atoms with van der Waals surface area (Å²) < 4.78 is 12.7. The Bertz CT molecular complexity index is 849. The fourth-order valence-electron chi connectivity index (χ4n) is 2.60. The molecule has 138 valence electrons. The van der Waals surface area contributed by atoms with Gasteiger partial charge in [-0.1, -0.05) is 12.1 Å². The number of benzene rings is 1. The number of para-hydroxylation sites is 2. The third kappa shape index (κ3) is 3.96. The van der Waals surface area contributed by atoms with Crippen LogP contribution in [-0.2, 0) is 11.3 Å². The zero-order valence-electron chi connectivity index (χ0n) is 15.1. The molecular formula is C18H22N4O4. The fraction of sp³-hybridized carbons (Fsp3) is 0.389. The molecule has 8 nitrogen and oxygen atoms in total. The Labute approximate surface area is 151 Å². The zero-order chi connectivity index (χ0) is 18.7. The molecule has 0 aliphatic carbocycles. The number of amides is 1. The second kappa shape index (κ2) is 7.47. The van der Waals surface area contributed by atoms with E-state index in [1.807, 2.05) is 38.4 Å². The number of carbonyl (C=O) groups excluding carboxylic acids is 1. The van der Waals surface area contributed by atoms with E-state index >= 15 is 0 Å². The van der Waals surface area contributed by atoms with E-state index < -0.39 is 0 Å². The quantitative estimate of drug-likeness (QED) is 0.779. The summed E-state index contributed by atoms with van der Waals surface area (Å²) in [7, 11) is 5.32. The standard InChI is InChI=1S/C18H22N4O4/c1-20(2)13-8-17(23)22(19-9-13)11-18(24)21(3)10-14-12-25-15-6-4-5-7-16(15)26-14/h4-9,14H,10-12H2,1-3H3/t14-/m0/s1. The van der Waals surface area contributed by atoms with Crippen molar-refractivity contribution >= 4 is 11.6 Å². The number of anilines is 1. The van der Waals surface area contributed by atoms with Gasteiger partial charge in [0.1, 0.15) is 13.2 Å². The maximum absolute atomic E-state index is 12.4. The molecule has 0 saturated carbocycles. The second-order valence-electron chi connectivity index (χ2n) is 6.38. The van der Waals surface area contributed by atoms with Crippen LogP contribution in [0.3, 0.4) is 0 Å². The maximum Gasteiger partial charge on any atom is 0.269 e. The Morgan fingerprint density at radius 1 is 1.27 bits per heavy atom. The number of carbonyl (C=O) groups is 1. The molecule has 0 unspecified atom stereocenters. The van der Waals surface area contributed by atoms with E-state index in [-0.39, 0.29) is 24.1 Å². The molecule has 0 spiro atoms. The number of hydrogen-bond acceptors (Lipinski definition) is 6. The lowest BCUT2D eigenvalue weighted by Gasteiger charge is -2.29. The van der Waals surface area contributed by atoms with Crippen molar-refractivity contribution in [3.8, 4) is 11.5 Å². The Kier molecular flexibility index (Phi) is 5.11. The van der Waals surface area contributed by atoms with Crippen LogP contribution in [-0.4, -0.2) is 61.0 Å². The molecule has 1 aliphatic rings. The molecule has 2 heterocycles. The van der Waals surface area contributed by atoms with E-state index in [1.54, 1.807) is 18.1 Å². The van der Waals surface area contributed by atoms with Crippen LogP contribution in [0.4, 0.5) is 5.69 Å². The molecule has 1 aromatic carbocycles. The number of ether oxygens (including phenoxy) is 2. The summed E-state index contributed by atoms with van der Waals surface area (Å²) in [4.78, 5) is 27.8. The van der Waals surface area contributed by atoms with Gasteiger partial charge >= 0.3 is 0 Å². The monoisotopic (exact) mass is 358 g/mol. The van der Waals surface area contributed by atoms with Crippen LogP contribution < -0.4 is 19.9 Å². The Morgan fingerprint density at radius 3 is 2.69 bits per heavy atom. The van der Waals surface area contributed by atoms with E-state index in [1.165, 1.54) is 11.0 Å². The van der Waals surface area contributed by atoms with Crippen LogP contribution in [0.15, 0.2) is 41.3 Å². The molecule has 0 fully saturated rings. The Morgan fingerprint density at radius 2 is 2.00 bits per heavy atom. The fourth-order valence-corrected chi connectivity index (χ4v) is 2.60. The summed E-state index contributed by atoms with van der Waals surface area (Å²) >= 11 is 0. The number of hydrogen-bond donors (Lipinski definition) is 0. The highest BCUT2D eigenvalue weighted by Gasteiger charge is 2.24. The molecule has 3 rings (SSSR count). The molecular weight excluding hydrogens is 336 g/mol. The van der Waals surface area contributed by atoms with Gasteiger partial charge in [0.15, 0.2) is 17.6 Å². The lowest BCUT2D eigenvalue weighted by Crippen LogP contribution is -2.43. The predicted molar refractivity (Wildman–Crippen MR) is 96.8 cm³/mol. The Balaban J connectivity index is 1.60. The minimum Gasteiger partial charge on any atom is -0.486 e. The molecule has 0 radical (unpaired) electrons. The van der Waals surface area contributed by atoms with Crippen molar-refractivity contribution in [2.24, 2.45) is 0 Å². The topological polar surface area (TPSA) is 76.9 Å². The molecule has 1 aromatic heterocycles. The van der Waals surface area contributed by atoms with Gasteiger partial charge in [-0.25, -0.2) is 4.68 Å². The summed E-state index contributed by atoms with van der Waals surface area (Å²) in [5, 5.41) is 4.06. The van der Waals surface area contributed by atoms with Crippen LogP contribution >= 0.6 is 0 Å². The number of rotatable bonds is 5. The highest BCUT2D eigenvalue weighted by Crippen LogP contribution is 2.30.